The lowest BCUT2D eigenvalue weighted by atomic mass is 9.97. The van der Waals surface area contributed by atoms with Crippen LogP contribution in [0, 0.1) is 6.92 Å². The van der Waals surface area contributed by atoms with E-state index in [1.165, 1.54) is 21.5 Å². The van der Waals surface area contributed by atoms with Gasteiger partial charge in [0, 0.05) is 19.0 Å². The zero-order valence-electron chi connectivity index (χ0n) is 16.8. The summed E-state index contributed by atoms with van der Waals surface area (Å²) >= 11 is 3.91. The van der Waals surface area contributed by atoms with Crippen LogP contribution >= 0.6 is 34.4 Å². The summed E-state index contributed by atoms with van der Waals surface area (Å²) in [4.78, 5) is 52.7. The summed E-state index contributed by atoms with van der Waals surface area (Å²) in [6.45, 7) is 1.74. The van der Waals surface area contributed by atoms with Gasteiger partial charge in [-0.15, -0.1) is 11.3 Å². The molecule has 0 fully saturated rings. The molecule has 0 aliphatic heterocycles. The first-order valence-electron chi connectivity index (χ1n) is 9.49. The van der Waals surface area contributed by atoms with Crippen LogP contribution in [-0.2, 0) is 17.6 Å². The lowest BCUT2D eigenvalue weighted by Crippen LogP contribution is -2.21. The number of thiazole rings is 1. The molecule has 11 heteroatoms. The van der Waals surface area contributed by atoms with Crippen molar-refractivity contribution in [1.82, 2.24) is 19.9 Å². The van der Waals surface area contributed by atoms with E-state index < -0.39 is 0 Å². The summed E-state index contributed by atoms with van der Waals surface area (Å²) in [5.74, 6) is -0.339. The van der Waals surface area contributed by atoms with E-state index in [4.69, 9.17) is 0 Å². The van der Waals surface area contributed by atoms with E-state index in [9.17, 15) is 14.4 Å². The number of thiophene rings is 1. The molecule has 1 aliphatic carbocycles. The number of aromatic nitrogens is 3. The highest BCUT2D eigenvalue weighted by molar-refractivity contribution is 7.99. The van der Waals surface area contributed by atoms with E-state index in [-0.39, 0.29) is 23.1 Å². The number of nitrogens with one attached hydrogen (secondary N) is 2. The van der Waals surface area contributed by atoms with E-state index in [1.54, 1.807) is 32.4 Å². The number of H-pyrrole nitrogens is 1. The van der Waals surface area contributed by atoms with E-state index in [2.05, 4.69) is 20.3 Å². The third kappa shape index (κ3) is 4.14. The van der Waals surface area contributed by atoms with Gasteiger partial charge >= 0.3 is 0 Å². The van der Waals surface area contributed by atoms with Gasteiger partial charge in [0.25, 0.3) is 11.5 Å². The van der Waals surface area contributed by atoms with Crippen molar-refractivity contribution >= 4 is 61.6 Å². The summed E-state index contributed by atoms with van der Waals surface area (Å²) in [6, 6.07) is 0. The van der Waals surface area contributed by atoms with E-state index in [1.807, 2.05) is 0 Å². The molecule has 3 heterocycles. The second kappa shape index (κ2) is 8.48. The van der Waals surface area contributed by atoms with E-state index >= 15 is 0 Å². The number of hydrogen-bond donors (Lipinski definition) is 2. The third-order valence-corrected chi connectivity index (χ3v) is 7.91. The Labute approximate surface area is 185 Å². The maximum absolute atomic E-state index is 12.6. The number of carbonyl (C=O) groups is 2. The first-order chi connectivity index (χ1) is 14.3. The van der Waals surface area contributed by atoms with Gasteiger partial charge in [-0.3, -0.25) is 14.4 Å². The van der Waals surface area contributed by atoms with Gasteiger partial charge in [-0.25, -0.2) is 9.97 Å². The number of carbonyl (C=O) groups excluding carboxylic acids is 2. The van der Waals surface area contributed by atoms with Crippen molar-refractivity contribution in [2.45, 2.75) is 37.8 Å². The summed E-state index contributed by atoms with van der Waals surface area (Å²) in [6.07, 6.45) is 4.19. The molecule has 0 atom stereocenters. The van der Waals surface area contributed by atoms with Crippen LogP contribution in [0.15, 0.2) is 9.95 Å². The molecule has 8 nitrogen and oxygen atoms in total. The number of thioether (sulfide) groups is 1. The van der Waals surface area contributed by atoms with Gasteiger partial charge < -0.3 is 15.2 Å². The largest absolute Gasteiger partial charge is 0.344 e. The fraction of sp³-hybridized carbons (Fsp3) is 0.421. The summed E-state index contributed by atoms with van der Waals surface area (Å²) in [7, 11) is 3.34. The molecule has 0 saturated heterocycles. The molecule has 1 aliphatic rings. The highest BCUT2D eigenvalue weighted by Gasteiger charge is 2.21. The molecule has 0 unspecified atom stereocenters. The van der Waals surface area contributed by atoms with Crippen molar-refractivity contribution < 1.29 is 9.59 Å². The maximum atomic E-state index is 12.6. The second-order valence-corrected chi connectivity index (χ2v) is 10.3. The lowest BCUT2D eigenvalue weighted by Gasteiger charge is -2.09. The molecule has 4 rings (SSSR count). The molecule has 3 aromatic rings. The average Bonchev–Trinajstić information content (AvgIpc) is 3.25. The van der Waals surface area contributed by atoms with Crippen molar-refractivity contribution in [2.24, 2.45) is 0 Å². The third-order valence-electron chi connectivity index (χ3n) is 4.79. The van der Waals surface area contributed by atoms with Crippen LogP contribution in [-0.4, -0.2) is 51.5 Å². The maximum Gasteiger partial charge on any atom is 0.265 e. The molecule has 0 spiro atoms. The smallest absolute Gasteiger partial charge is 0.265 e. The molecule has 3 aromatic heterocycles. The Hall–Kier alpha value is -2.24. The molecule has 0 saturated carbocycles. The number of rotatable bonds is 5. The highest BCUT2D eigenvalue weighted by atomic mass is 32.2. The summed E-state index contributed by atoms with van der Waals surface area (Å²) in [5, 5.41) is 4.24. The zero-order chi connectivity index (χ0) is 21.4. The second-order valence-electron chi connectivity index (χ2n) is 7.23. The highest BCUT2D eigenvalue weighted by Crippen LogP contribution is 2.34. The van der Waals surface area contributed by atoms with Crippen LogP contribution in [0.1, 0.15) is 38.6 Å². The van der Waals surface area contributed by atoms with E-state index in [0.29, 0.717) is 26.2 Å². The van der Waals surface area contributed by atoms with E-state index in [0.717, 1.165) is 47.4 Å². The van der Waals surface area contributed by atoms with Gasteiger partial charge in [0.1, 0.15) is 9.71 Å². The first kappa shape index (κ1) is 21.0. The number of hydrogen-bond acceptors (Lipinski definition) is 8. The zero-order valence-corrected chi connectivity index (χ0v) is 19.3. The normalized spacial score (nSPS) is 13.3. The average molecular weight is 464 g/mol. The van der Waals surface area contributed by atoms with Crippen LogP contribution < -0.4 is 10.9 Å². The van der Waals surface area contributed by atoms with Crippen LogP contribution in [0.2, 0.25) is 0 Å². The van der Waals surface area contributed by atoms with Crippen LogP contribution in [0.5, 0.6) is 0 Å². The first-order valence-corrected chi connectivity index (χ1v) is 12.1. The molecular formula is C19H21N5O3S3. The molecule has 158 valence electrons. The van der Waals surface area contributed by atoms with Gasteiger partial charge in [0.15, 0.2) is 10.3 Å². The van der Waals surface area contributed by atoms with Crippen LogP contribution in [0.25, 0.3) is 10.2 Å². The number of nitrogens with zero attached hydrogens (tertiary/aromatic N) is 3. The number of fused-ring (bicyclic) bond motifs is 3. The molecule has 30 heavy (non-hydrogen) atoms. The molecule has 0 aromatic carbocycles. The molecule has 0 bridgehead atoms. The predicted octanol–water partition coefficient (Wildman–Crippen LogP) is 3.06. The number of aromatic amines is 1. The molecule has 2 amide bonds. The standard InChI is InChI=1S/C19H21N5O3S3/c1-9-14(17(27)24(2)3)30-19(20-9)21-12(25)8-28-18-22-15(26)13-10-6-4-5-7-11(10)29-16(13)23-18/h4-8H2,1-3H3,(H,20,21,25)(H,22,23,26). The Morgan fingerprint density at radius 3 is 2.73 bits per heavy atom. The Bertz CT molecular complexity index is 1190. The van der Waals surface area contributed by atoms with Gasteiger partial charge in [-0.1, -0.05) is 23.1 Å². The summed E-state index contributed by atoms with van der Waals surface area (Å²) < 4.78 is 0. The number of amides is 2. The minimum atomic E-state index is -0.272. The molecular weight excluding hydrogens is 442 g/mol. The van der Waals surface area contributed by atoms with Crippen molar-refractivity contribution in [3.8, 4) is 0 Å². The van der Waals surface area contributed by atoms with Crippen molar-refractivity contribution in [1.29, 1.82) is 0 Å². The minimum Gasteiger partial charge on any atom is -0.344 e. The van der Waals surface area contributed by atoms with Gasteiger partial charge in [-0.2, -0.15) is 0 Å². The number of aryl methyl sites for hydroxylation is 3. The van der Waals surface area contributed by atoms with Crippen molar-refractivity contribution in [3.05, 3.63) is 31.4 Å². The molecule has 2 N–H and O–H groups in total. The fourth-order valence-electron chi connectivity index (χ4n) is 3.35. The Morgan fingerprint density at radius 1 is 1.20 bits per heavy atom. The predicted molar refractivity (Wildman–Crippen MR) is 121 cm³/mol. The van der Waals surface area contributed by atoms with Crippen LogP contribution in [0.4, 0.5) is 5.13 Å². The lowest BCUT2D eigenvalue weighted by molar-refractivity contribution is -0.113. The Balaban J connectivity index is 1.44. The molecule has 0 radical (unpaired) electrons. The quantitative estimate of drug-likeness (QED) is 0.445. The van der Waals surface area contributed by atoms with Gasteiger partial charge in [0.05, 0.1) is 16.8 Å². The monoisotopic (exact) mass is 463 g/mol. The number of anilines is 1. The summed E-state index contributed by atoms with van der Waals surface area (Å²) in [5.41, 5.74) is 1.59. The Kier molecular flexibility index (Phi) is 5.94. The van der Waals surface area contributed by atoms with Crippen molar-refractivity contribution in [3.63, 3.8) is 0 Å². The Morgan fingerprint density at radius 2 is 1.97 bits per heavy atom. The topological polar surface area (TPSA) is 108 Å². The minimum absolute atomic E-state index is 0.0785. The van der Waals surface area contributed by atoms with Gasteiger partial charge in [0.2, 0.25) is 5.91 Å². The van der Waals surface area contributed by atoms with Crippen molar-refractivity contribution in [2.75, 3.05) is 25.2 Å². The van der Waals surface area contributed by atoms with Crippen LogP contribution in [0.3, 0.4) is 0 Å². The SMILES string of the molecule is Cc1nc(NC(=O)CSc2nc3sc4c(c3c(=O)[nH]2)CCCC4)sc1C(=O)N(C)C. The van der Waals surface area contributed by atoms with Gasteiger partial charge in [-0.05, 0) is 38.2 Å². The fourth-order valence-corrected chi connectivity index (χ4v) is 6.34.